The monoisotopic (exact) mass is 266 g/mol. The highest BCUT2D eigenvalue weighted by Crippen LogP contribution is 2.27. The second-order valence-corrected chi connectivity index (χ2v) is 4.29. The SMILES string of the molecule is Cc1ccc(C(NN)c2c(F)cc(F)cc2F)cc1. The molecular weight excluding hydrogens is 253 g/mol. The van der Waals surface area contributed by atoms with Crippen LogP contribution in [0.3, 0.4) is 0 Å². The van der Waals surface area contributed by atoms with Gasteiger partial charge in [0, 0.05) is 17.7 Å². The molecule has 0 saturated heterocycles. The maximum absolute atomic E-state index is 13.7. The van der Waals surface area contributed by atoms with Crippen molar-refractivity contribution in [1.29, 1.82) is 0 Å². The lowest BCUT2D eigenvalue weighted by Gasteiger charge is -2.18. The molecule has 0 amide bonds. The number of rotatable bonds is 3. The summed E-state index contributed by atoms with van der Waals surface area (Å²) in [5.41, 5.74) is 3.66. The minimum absolute atomic E-state index is 0.298. The average molecular weight is 266 g/mol. The third-order valence-electron chi connectivity index (χ3n) is 2.91. The van der Waals surface area contributed by atoms with Gasteiger partial charge in [-0.15, -0.1) is 0 Å². The molecule has 0 aromatic heterocycles. The van der Waals surface area contributed by atoms with Crippen LogP contribution in [0.25, 0.3) is 0 Å². The zero-order valence-electron chi connectivity index (χ0n) is 10.3. The van der Waals surface area contributed by atoms with Crippen molar-refractivity contribution in [2.24, 2.45) is 5.84 Å². The summed E-state index contributed by atoms with van der Waals surface area (Å²) in [7, 11) is 0. The van der Waals surface area contributed by atoms with E-state index in [4.69, 9.17) is 5.84 Å². The predicted octanol–water partition coefficient (Wildman–Crippen LogP) is 2.97. The number of nitrogens with two attached hydrogens (primary N) is 1. The van der Waals surface area contributed by atoms with Crippen LogP contribution in [-0.4, -0.2) is 0 Å². The highest BCUT2D eigenvalue weighted by atomic mass is 19.1. The van der Waals surface area contributed by atoms with Crippen LogP contribution in [0.5, 0.6) is 0 Å². The molecule has 2 rings (SSSR count). The minimum Gasteiger partial charge on any atom is -0.271 e. The molecule has 2 aromatic rings. The van der Waals surface area contributed by atoms with E-state index < -0.39 is 23.5 Å². The van der Waals surface area contributed by atoms with Crippen molar-refractivity contribution in [3.05, 3.63) is 70.5 Å². The Morgan fingerprint density at radius 2 is 1.53 bits per heavy atom. The van der Waals surface area contributed by atoms with Gasteiger partial charge in [0.1, 0.15) is 17.5 Å². The normalized spacial score (nSPS) is 12.5. The van der Waals surface area contributed by atoms with Gasteiger partial charge in [0.2, 0.25) is 0 Å². The standard InChI is InChI=1S/C14H13F3N2/c1-8-2-4-9(5-3-8)14(19-18)13-11(16)6-10(15)7-12(13)17/h2-7,14,19H,18H2,1H3. The molecule has 0 bridgehead atoms. The smallest absolute Gasteiger partial charge is 0.134 e. The Hall–Kier alpha value is -1.85. The number of aryl methyl sites for hydroxylation is 1. The summed E-state index contributed by atoms with van der Waals surface area (Å²) in [6.45, 7) is 1.90. The average Bonchev–Trinajstić information content (AvgIpc) is 2.35. The molecule has 1 unspecified atom stereocenters. The molecule has 2 nitrogen and oxygen atoms in total. The lowest BCUT2D eigenvalue weighted by Crippen LogP contribution is -2.30. The quantitative estimate of drug-likeness (QED) is 0.662. The lowest BCUT2D eigenvalue weighted by atomic mass is 9.97. The van der Waals surface area contributed by atoms with Gasteiger partial charge in [0.15, 0.2) is 0 Å². The fraction of sp³-hybridized carbons (Fsp3) is 0.143. The van der Waals surface area contributed by atoms with Gasteiger partial charge in [0.25, 0.3) is 0 Å². The molecule has 3 N–H and O–H groups in total. The molecule has 100 valence electrons. The first-order chi connectivity index (χ1) is 9.02. The summed E-state index contributed by atoms with van der Waals surface area (Å²) < 4.78 is 40.4. The van der Waals surface area contributed by atoms with Crippen LogP contribution in [0.2, 0.25) is 0 Å². The third-order valence-corrected chi connectivity index (χ3v) is 2.91. The van der Waals surface area contributed by atoms with Gasteiger partial charge in [-0.1, -0.05) is 29.8 Å². The molecule has 0 aliphatic carbocycles. The number of hydrogen-bond donors (Lipinski definition) is 2. The number of hydrogen-bond acceptors (Lipinski definition) is 2. The summed E-state index contributed by atoms with van der Waals surface area (Å²) >= 11 is 0. The van der Waals surface area contributed by atoms with Crippen molar-refractivity contribution in [2.75, 3.05) is 0 Å². The Morgan fingerprint density at radius 3 is 2.00 bits per heavy atom. The van der Waals surface area contributed by atoms with E-state index in [1.165, 1.54) is 0 Å². The predicted molar refractivity (Wildman–Crippen MR) is 66.7 cm³/mol. The van der Waals surface area contributed by atoms with Gasteiger partial charge < -0.3 is 0 Å². The van der Waals surface area contributed by atoms with Crippen LogP contribution in [0, 0.1) is 24.4 Å². The van der Waals surface area contributed by atoms with Crippen molar-refractivity contribution in [3.8, 4) is 0 Å². The molecular formula is C14H13F3N2. The maximum Gasteiger partial charge on any atom is 0.134 e. The van der Waals surface area contributed by atoms with Crippen LogP contribution in [-0.2, 0) is 0 Å². The molecule has 5 heteroatoms. The number of nitrogens with one attached hydrogen (secondary N) is 1. The minimum atomic E-state index is -0.971. The van der Waals surface area contributed by atoms with E-state index in [1.807, 2.05) is 6.92 Å². The van der Waals surface area contributed by atoms with Crippen LogP contribution in [0.15, 0.2) is 36.4 Å². The summed E-state index contributed by atoms with van der Waals surface area (Å²) in [5, 5.41) is 0. The largest absolute Gasteiger partial charge is 0.271 e. The summed E-state index contributed by atoms with van der Waals surface area (Å²) in [6.07, 6.45) is 0. The van der Waals surface area contributed by atoms with E-state index in [0.29, 0.717) is 17.7 Å². The number of halogens is 3. The number of benzene rings is 2. The molecule has 0 fully saturated rings. The first-order valence-corrected chi connectivity index (χ1v) is 5.70. The molecule has 0 spiro atoms. The molecule has 0 saturated carbocycles. The first-order valence-electron chi connectivity index (χ1n) is 5.70. The highest BCUT2D eigenvalue weighted by Gasteiger charge is 2.22. The van der Waals surface area contributed by atoms with E-state index in [0.717, 1.165) is 5.56 Å². The third kappa shape index (κ3) is 2.77. The van der Waals surface area contributed by atoms with Crippen LogP contribution in [0.1, 0.15) is 22.7 Å². The molecule has 0 aliphatic rings. The van der Waals surface area contributed by atoms with Crippen molar-refractivity contribution >= 4 is 0 Å². The van der Waals surface area contributed by atoms with Crippen molar-refractivity contribution in [2.45, 2.75) is 13.0 Å². The second kappa shape index (κ2) is 5.42. The Kier molecular flexibility index (Phi) is 3.87. The van der Waals surface area contributed by atoms with Crippen LogP contribution < -0.4 is 11.3 Å². The Balaban J connectivity index is 2.51. The van der Waals surface area contributed by atoms with Gasteiger partial charge in [-0.25, -0.2) is 18.6 Å². The van der Waals surface area contributed by atoms with Crippen molar-refractivity contribution < 1.29 is 13.2 Å². The van der Waals surface area contributed by atoms with Gasteiger partial charge >= 0.3 is 0 Å². The van der Waals surface area contributed by atoms with E-state index in [-0.39, 0.29) is 5.56 Å². The van der Waals surface area contributed by atoms with Crippen molar-refractivity contribution in [3.63, 3.8) is 0 Å². The van der Waals surface area contributed by atoms with Crippen molar-refractivity contribution in [1.82, 2.24) is 5.43 Å². The topological polar surface area (TPSA) is 38.0 Å². The van der Waals surface area contributed by atoms with E-state index in [2.05, 4.69) is 5.43 Å². The molecule has 0 heterocycles. The second-order valence-electron chi connectivity index (χ2n) is 4.29. The molecule has 0 aliphatic heterocycles. The fourth-order valence-corrected chi connectivity index (χ4v) is 1.93. The zero-order valence-corrected chi connectivity index (χ0v) is 10.3. The number of hydrazine groups is 1. The van der Waals surface area contributed by atoms with E-state index >= 15 is 0 Å². The van der Waals surface area contributed by atoms with Crippen LogP contribution >= 0.6 is 0 Å². The Bertz CT molecular complexity index is 559. The molecule has 2 aromatic carbocycles. The maximum atomic E-state index is 13.7. The molecule has 19 heavy (non-hydrogen) atoms. The Morgan fingerprint density at radius 1 is 1.00 bits per heavy atom. The Labute approximate surface area is 109 Å². The molecule has 0 radical (unpaired) electrons. The first kappa shape index (κ1) is 13.6. The summed E-state index contributed by atoms with van der Waals surface area (Å²) in [5.74, 6) is 2.47. The van der Waals surface area contributed by atoms with Gasteiger partial charge in [-0.05, 0) is 12.5 Å². The van der Waals surface area contributed by atoms with Gasteiger partial charge in [-0.3, -0.25) is 5.84 Å². The summed E-state index contributed by atoms with van der Waals surface area (Å²) in [4.78, 5) is 0. The van der Waals surface area contributed by atoms with Crippen LogP contribution in [0.4, 0.5) is 13.2 Å². The molecule has 1 atom stereocenters. The van der Waals surface area contributed by atoms with Gasteiger partial charge in [0.05, 0.1) is 6.04 Å². The lowest BCUT2D eigenvalue weighted by molar-refractivity contribution is 0.492. The zero-order chi connectivity index (χ0) is 14.0. The van der Waals surface area contributed by atoms with E-state index in [1.54, 1.807) is 24.3 Å². The van der Waals surface area contributed by atoms with Gasteiger partial charge in [-0.2, -0.15) is 0 Å². The van der Waals surface area contributed by atoms with E-state index in [9.17, 15) is 13.2 Å². The highest BCUT2D eigenvalue weighted by molar-refractivity contribution is 5.35. The fourth-order valence-electron chi connectivity index (χ4n) is 1.93. The summed E-state index contributed by atoms with van der Waals surface area (Å²) in [6, 6.07) is 7.43.